The Balaban J connectivity index is 1.82. The van der Waals surface area contributed by atoms with Crippen LogP contribution >= 0.6 is 0 Å². The summed E-state index contributed by atoms with van der Waals surface area (Å²) in [6.07, 6.45) is 1.41. The molecule has 0 aliphatic heterocycles. The molecule has 0 spiro atoms. The number of benzene rings is 1. The van der Waals surface area contributed by atoms with E-state index in [0.29, 0.717) is 31.1 Å². The van der Waals surface area contributed by atoms with Gasteiger partial charge in [-0.05, 0) is 23.8 Å². The molecule has 2 aromatic rings. The minimum Gasteiger partial charge on any atom is -0.491 e. The van der Waals surface area contributed by atoms with Crippen LogP contribution in [0, 0.1) is 0 Å². The molecule has 1 amide bonds. The van der Waals surface area contributed by atoms with Gasteiger partial charge >= 0.3 is 0 Å². The Bertz CT molecular complexity index is 592. The topological polar surface area (TPSA) is 86.7 Å². The molecule has 0 saturated heterocycles. The minimum absolute atomic E-state index is 0.191. The molecule has 1 heterocycles. The van der Waals surface area contributed by atoms with E-state index >= 15 is 0 Å². The van der Waals surface area contributed by atoms with Crippen molar-refractivity contribution in [3.63, 3.8) is 0 Å². The van der Waals surface area contributed by atoms with E-state index in [1.807, 2.05) is 24.3 Å². The van der Waals surface area contributed by atoms with Crippen LogP contribution in [0.25, 0.3) is 0 Å². The maximum absolute atomic E-state index is 11.9. The van der Waals surface area contributed by atoms with Crippen LogP contribution in [-0.4, -0.2) is 26.2 Å². The van der Waals surface area contributed by atoms with Gasteiger partial charge in [-0.25, -0.2) is 0 Å². The first-order valence-corrected chi connectivity index (χ1v) is 6.99. The summed E-state index contributed by atoms with van der Waals surface area (Å²) in [6.45, 7) is 1.77. The van der Waals surface area contributed by atoms with Gasteiger partial charge in [0.05, 0.1) is 18.7 Å². The maximum Gasteiger partial charge on any atom is 0.254 e. The Labute approximate surface area is 129 Å². The largest absolute Gasteiger partial charge is 0.491 e. The number of furan rings is 1. The van der Waals surface area contributed by atoms with Gasteiger partial charge in [0.25, 0.3) is 5.91 Å². The van der Waals surface area contributed by atoms with E-state index in [9.17, 15) is 4.79 Å². The number of rotatable bonds is 8. The van der Waals surface area contributed by atoms with E-state index in [0.717, 1.165) is 11.3 Å². The molecule has 1 aromatic carbocycles. The van der Waals surface area contributed by atoms with Crippen molar-refractivity contribution in [2.75, 3.05) is 20.3 Å². The van der Waals surface area contributed by atoms with Crippen molar-refractivity contribution in [3.05, 3.63) is 53.5 Å². The lowest BCUT2D eigenvalue weighted by atomic mass is 10.2. The van der Waals surface area contributed by atoms with Gasteiger partial charge in [-0.1, -0.05) is 12.1 Å². The third-order valence-electron chi connectivity index (χ3n) is 3.05. The summed E-state index contributed by atoms with van der Waals surface area (Å²) >= 11 is 0. The highest BCUT2D eigenvalue weighted by Gasteiger charge is 2.09. The average Bonchev–Trinajstić information content (AvgIpc) is 3.03. The quantitative estimate of drug-likeness (QED) is 0.725. The molecule has 0 aliphatic carbocycles. The molecule has 0 saturated carbocycles. The molecule has 1 aromatic heterocycles. The van der Waals surface area contributed by atoms with Crippen molar-refractivity contribution < 1.29 is 18.7 Å². The van der Waals surface area contributed by atoms with Gasteiger partial charge in [0.2, 0.25) is 0 Å². The fraction of sp³-hybridized carbons (Fsp3) is 0.312. The van der Waals surface area contributed by atoms with Crippen molar-refractivity contribution in [1.29, 1.82) is 0 Å². The number of carbonyl (C=O) groups excluding carboxylic acids is 1. The molecule has 118 valence electrons. The second kappa shape index (κ2) is 8.21. The summed E-state index contributed by atoms with van der Waals surface area (Å²) in [4.78, 5) is 11.9. The fourth-order valence-corrected chi connectivity index (χ4v) is 1.84. The highest BCUT2D eigenvalue weighted by Crippen LogP contribution is 2.12. The zero-order chi connectivity index (χ0) is 15.8. The number of nitrogens with two attached hydrogens (primary N) is 1. The standard InChI is InChI=1S/C16H20N2O4/c1-20-6-7-21-14-4-2-12(3-5-14)10-18-16(19)13-8-15(9-17)22-11-13/h2-5,8,11H,6-7,9-10,17H2,1H3,(H,18,19). The van der Waals surface area contributed by atoms with Gasteiger partial charge in [-0.15, -0.1) is 0 Å². The number of methoxy groups -OCH3 is 1. The van der Waals surface area contributed by atoms with Crippen molar-refractivity contribution in [2.45, 2.75) is 13.1 Å². The van der Waals surface area contributed by atoms with Gasteiger partial charge in [0.15, 0.2) is 0 Å². The molecule has 0 atom stereocenters. The lowest BCUT2D eigenvalue weighted by molar-refractivity contribution is 0.0950. The predicted molar refractivity (Wildman–Crippen MR) is 81.6 cm³/mol. The molecule has 0 radical (unpaired) electrons. The summed E-state index contributed by atoms with van der Waals surface area (Å²) in [7, 11) is 1.63. The molecular formula is C16H20N2O4. The van der Waals surface area contributed by atoms with Crippen LogP contribution in [0.1, 0.15) is 21.7 Å². The van der Waals surface area contributed by atoms with Crippen LogP contribution in [-0.2, 0) is 17.8 Å². The molecule has 3 N–H and O–H groups in total. The van der Waals surface area contributed by atoms with Gasteiger partial charge in [0, 0.05) is 13.7 Å². The number of carbonyl (C=O) groups is 1. The number of ether oxygens (including phenoxy) is 2. The van der Waals surface area contributed by atoms with Crippen LogP contribution in [0.4, 0.5) is 0 Å². The SMILES string of the molecule is COCCOc1ccc(CNC(=O)c2coc(CN)c2)cc1. The smallest absolute Gasteiger partial charge is 0.254 e. The van der Waals surface area contributed by atoms with E-state index < -0.39 is 0 Å². The highest BCUT2D eigenvalue weighted by molar-refractivity contribution is 5.93. The van der Waals surface area contributed by atoms with E-state index in [1.54, 1.807) is 13.2 Å². The lowest BCUT2D eigenvalue weighted by Crippen LogP contribution is -2.22. The summed E-state index contributed by atoms with van der Waals surface area (Å²) in [5.41, 5.74) is 6.89. The monoisotopic (exact) mass is 304 g/mol. The molecule has 0 fully saturated rings. The molecule has 6 nitrogen and oxygen atoms in total. The number of hydrogen-bond acceptors (Lipinski definition) is 5. The van der Waals surface area contributed by atoms with Crippen molar-refractivity contribution >= 4 is 5.91 Å². The van der Waals surface area contributed by atoms with Crippen molar-refractivity contribution in [3.8, 4) is 5.75 Å². The third kappa shape index (κ3) is 4.61. The van der Waals surface area contributed by atoms with E-state index in [-0.39, 0.29) is 12.5 Å². The first kappa shape index (κ1) is 16.1. The van der Waals surface area contributed by atoms with Crippen LogP contribution in [0.5, 0.6) is 5.75 Å². The Morgan fingerprint density at radius 3 is 2.68 bits per heavy atom. The van der Waals surface area contributed by atoms with Crippen LogP contribution in [0.15, 0.2) is 41.0 Å². The summed E-state index contributed by atoms with van der Waals surface area (Å²) in [5, 5.41) is 2.82. The Morgan fingerprint density at radius 2 is 2.05 bits per heavy atom. The van der Waals surface area contributed by atoms with E-state index in [1.165, 1.54) is 6.26 Å². The Morgan fingerprint density at radius 1 is 1.27 bits per heavy atom. The van der Waals surface area contributed by atoms with Crippen molar-refractivity contribution in [2.24, 2.45) is 5.73 Å². The second-order valence-electron chi connectivity index (χ2n) is 4.67. The van der Waals surface area contributed by atoms with Gasteiger partial charge in [-0.3, -0.25) is 4.79 Å². The zero-order valence-corrected chi connectivity index (χ0v) is 12.5. The van der Waals surface area contributed by atoms with E-state index in [2.05, 4.69) is 5.32 Å². The number of hydrogen-bond donors (Lipinski definition) is 2. The van der Waals surface area contributed by atoms with Crippen LogP contribution in [0.3, 0.4) is 0 Å². The van der Waals surface area contributed by atoms with Gasteiger partial charge in [-0.2, -0.15) is 0 Å². The highest BCUT2D eigenvalue weighted by atomic mass is 16.5. The molecule has 0 unspecified atom stereocenters. The van der Waals surface area contributed by atoms with Crippen LogP contribution < -0.4 is 15.8 Å². The second-order valence-corrected chi connectivity index (χ2v) is 4.67. The average molecular weight is 304 g/mol. The first-order chi connectivity index (χ1) is 10.7. The molecule has 0 bridgehead atoms. The molecular weight excluding hydrogens is 284 g/mol. The van der Waals surface area contributed by atoms with Crippen LogP contribution in [0.2, 0.25) is 0 Å². The first-order valence-electron chi connectivity index (χ1n) is 6.99. The Kier molecular flexibility index (Phi) is 6.00. The van der Waals surface area contributed by atoms with E-state index in [4.69, 9.17) is 19.6 Å². The predicted octanol–water partition coefficient (Wildman–Crippen LogP) is 1.69. The van der Waals surface area contributed by atoms with Gasteiger partial charge in [0.1, 0.15) is 24.4 Å². The molecule has 0 aliphatic rings. The lowest BCUT2D eigenvalue weighted by Gasteiger charge is -2.07. The normalized spacial score (nSPS) is 10.5. The molecule has 6 heteroatoms. The third-order valence-corrected chi connectivity index (χ3v) is 3.05. The summed E-state index contributed by atoms with van der Waals surface area (Å²) in [5.74, 6) is 1.17. The summed E-state index contributed by atoms with van der Waals surface area (Å²) < 4.78 is 15.5. The molecule has 22 heavy (non-hydrogen) atoms. The summed E-state index contributed by atoms with van der Waals surface area (Å²) in [6, 6.07) is 9.18. The van der Waals surface area contributed by atoms with Crippen molar-refractivity contribution in [1.82, 2.24) is 5.32 Å². The fourth-order valence-electron chi connectivity index (χ4n) is 1.84. The number of amides is 1. The number of nitrogens with one attached hydrogen (secondary N) is 1. The maximum atomic E-state index is 11.9. The minimum atomic E-state index is -0.191. The Hall–Kier alpha value is -2.31. The molecule has 2 rings (SSSR count). The zero-order valence-electron chi connectivity index (χ0n) is 12.5. The van der Waals surface area contributed by atoms with Gasteiger partial charge < -0.3 is 24.9 Å².